The van der Waals surface area contributed by atoms with E-state index >= 15 is 0 Å². The number of carboxylic acids is 1. The van der Waals surface area contributed by atoms with Gasteiger partial charge >= 0.3 is 11.7 Å². The maximum Gasteiger partial charge on any atom is 0.332 e. The fraction of sp³-hybridized carbons (Fsp3) is 0.308. The maximum atomic E-state index is 12.0. The minimum atomic E-state index is -1.18. The number of nitrogens with zero attached hydrogens (tertiary/aromatic N) is 3. The van der Waals surface area contributed by atoms with Crippen molar-refractivity contribution in [2.24, 2.45) is 14.1 Å². The van der Waals surface area contributed by atoms with Gasteiger partial charge in [0.25, 0.3) is 11.5 Å². The quantitative estimate of drug-likeness (QED) is 0.737. The number of aryl methyl sites for hydroxylation is 1. The molecular weight excluding hydrogens is 292 g/mol. The van der Waals surface area contributed by atoms with Gasteiger partial charge in [0.2, 0.25) is 0 Å². The molecule has 2 aromatic heterocycles. The highest BCUT2D eigenvalue weighted by atomic mass is 16.4. The van der Waals surface area contributed by atoms with Crippen molar-refractivity contribution in [1.29, 1.82) is 0 Å². The van der Waals surface area contributed by atoms with E-state index in [1.54, 1.807) is 0 Å². The van der Waals surface area contributed by atoms with Crippen molar-refractivity contribution in [3.05, 3.63) is 38.7 Å². The normalized spacial score (nSPS) is 12.1. The van der Waals surface area contributed by atoms with Crippen molar-refractivity contribution in [2.45, 2.75) is 13.0 Å². The van der Waals surface area contributed by atoms with Crippen LogP contribution in [0.2, 0.25) is 0 Å². The molecule has 1 atom stereocenters. The lowest BCUT2D eigenvalue weighted by Crippen LogP contribution is -2.39. The number of aromatic nitrogens is 3. The van der Waals surface area contributed by atoms with Crippen LogP contribution in [0.3, 0.4) is 0 Å². The average molecular weight is 306 g/mol. The molecule has 0 saturated carbocycles. The van der Waals surface area contributed by atoms with Gasteiger partial charge in [-0.25, -0.2) is 9.78 Å². The fourth-order valence-corrected chi connectivity index (χ4v) is 1.91. The van der Waals surface area contributed by atoms with Crippen molar-refractivity contribution in [1.82, 2.24) is 19.4 Å². The Morgan fingerprint density at radius 2 is 1.86 bits per heavy atom. The number of pyridine rings is 1. The van der Waals surface area contributed by atoms with Gasteiger partial charge in [-0.15, -0.1) is 0 Å². The first-order valence-electron chi connectivity index (χ1n) is 6.34. The number of carbonyl (C=O) groups is 2. The number of fused-ring (bicyclic) bond motifs is 1. The van der Waals surface area contributed by atoms with Crippen LogP contribution >= 0.6 is 0 Å². The van der Waals surface area contributed by atoms with Crippen LogP contribution in [-0.2, 0) is 18.9 Å². The van der Waals surface area contributed by atoms with Gasteiger partial charge in [-0.3, -0.25) is 23.5 Å². The first-order chi connectivity index (χ1) is 10.2. The summed E-state index contributed by atoms with van der Waals surface area (Å²) >= 11 is 0. The van der Waals surface area contributed by atoms with Crippen LogP contribution in [0.5, 0.6) is 0 Å². The molecule has 0 radical (unpaired) electrons. The number of nitrogens with one attached hydrogen (secondary N) is 1. The average Bonchev–Trinajstić information content (AvgIpc) is 2.49. The molecule has 2 N–H and O–H groups in total. The summed E-state index contributed by atoms with van der Waals surface area (Å²) in [5.41, 5.74) is -1.11. The molecule has 0 aliphatic rings. The van der Waals surface area contributed by atoms with Crippen molar-refractivity contribution in [3.8, 4) is 0 Å². The molecule has 0 spiro atoms. The number of aliphatic carboxylic acids is 1. The van der Waals surface area contributed by atoms with E-state index < -0.39 is 29.2 Å². The molecule has 1 amide bonds. The number of rotatable bonds is 3. The van der Waals surface area contributed by atoms with Crippen molar-refractivity contribution < 1.29 is 14.7 Å². The Bertz CT molecular complexity index is 896. The van der Waals surface area contributed by atoms with Crippen LogP contribution in [0, 0.1) is 0 Å². The molecular formula is C13H14N4O5. The van der Waals surface area contributed by atoms with Gasteiger partial charge in [0.1, 0.15) is 17.4 Å². The molecule has 9 nitrogen and oxygen atoms in total. The van der Waals surface area contributed by atoms with Crippen LogP contribution in [0.1, 0.15) is 17.4 Å². The first kappa shape index (κ1) is 15.4. The summed E-state index contributed by atoms with van der Waals surface area (Å²) < 4.78 is 2.09. The molecule has 2 rings (SSSR count). The van der Waals surface area contributed by atoms with E-state index in [1.807, 2.05) is 0 Å². The van der Waals surface area contributed by atoms with E-state index in [2.05, 4.69) is 10.3 Å². The molecule has 0 aliphatic carbocycles. The van der Waals surface area contributed by atoms with Crippen LogP contribution < -0.4 is 16.6 Å². The van der Waals surface area contributed by atoms with Gasteiger partial charge in [-0.2, -0.15) is 0 Å². The number of hydrogen-bond donors (Lipinski definition) is 2. The van der Waals surface area contributed by atoms with Gasteiger partial charge in [-0.1, -0.05) is 0 Å². The third-order valence-electron chi connectivity index (χ3n) is 3.25. The molecule has 9 heteroatoms. The maximum absolute atomic E-state index is 12.0. The summed E-state index contributed by atoms with van der Waals surface area (Å²) in [7, 11) is 2.78. The Morgan fingerprint density at radius 1 is 1.23 bits per heavy atom. The van der Waals surface area contributed by atoms with Gasteiger partial charge in [0.15, 0.2) is 0 Å². The topological polar surface area (TPSA) is 123 Å². The highest BCUT2D eigenvalue weighted by Crippen LogP contribution is 2.06. The second-order valence-corrected chi connectivity index (χ2v) is 4.81. The van der Waals surface area contributed by atoms with Gasteiger partial charge in [0, 0.05) is 14.1 Å². The highest BCUT2D eigenvalue weighted by molar-refractivity contribution is 5.96. The highest BCUT2D eigenvalue weighted by Gasteiger charge is 2.18. The lowest BCUT2D eigenvalue weighted by molar-refractivity contribution is -0.138. The van der Waals surface area contributed by atoms with Gasteiger partial charge < -0.3 is 10.4 Å². The van der Waals surface area contributed by atoms with Gasteiger partial charge in [-0.05, 0) is 19.1 Å². The van der Waals surface area contributed by atoms with Crippen molar-refractivity contribution in [2.75, 3.05) is 0 Å². The third-order valence-corrected chi connectivity index (χ3v) is 3.25. The Hall–Kier alpha value is -2.97. The SMILES string of the molecule is CC(NC(=O)c1ccc2c(=O)n(C)c(=O)n(C)c2n1)C(=O)O. The smallest absolute Gasteiger partial charge is 0.332 e. The van der Waals surface area contributed by atoms with Gasteiger partial charge in [0.05, 0.1) is 5.39 Å². The zero-order valence-corrected chi connectivity index (χ0v) is 12.2. The lowest BCUT2D eigenvalue weighted by Gasteiger charge is -2.10. The minimum absolute atomic E-state index is 0.0590. The third kappa shape index (κ3) is 2.48. The summed E-state index contributed by atoms with van der Waals surface area (Å²) in [6.45, 7) is 1.31. The zero-order chi connectivity index (χ0) is 16.6. The van der Waals surface area contributed by atoms with Crippen LogP contribution in [-0.4, -0.2) is 37.1 Å². The van der Waals surface area contributed by atoms with E-state index in [1.165, 1.54) is 33.2 Å². The van der Waals surface area contributed by atoms with E-state index in [0.29, 0.717) is 0 Å². The Kier molecular flexibility index (Phi) is 3.81. The molecule has 0 fully saturated rings. The number of carboxylic acid groups (broad SMARTS) is 1. The molecule has 22 heavy (non-hydrogen) atoms. The summed E-state index contributed by atoms with van der Waals surface area (Å²) in [6, 6.07) is 1.60. The Balaban J connectivity index is 2.56. The largest absolute Gasteiger partial charge is 0.480 e. The van der Waals surface area contributed by atoms with Crippen LogP contribution in [0.25, 0.3) is 11.0 Å². The number of carbonyl (C=O) groups excluding carboxylic acids is 1. The second-order valence-electron chi connectivity index (χ2n) is 4.81. The molecule has 2 heterocycles. The zero-order valence-electron chi connectivity index (χ0n) is 12.2. The molecule has 116 valence electrons. The number of amides is 1. The summed E-state index contributed by atoms with van der Waals surface area (Å²) in [5, 5.41) is 11.2. The standard InChI is InChI=1S/C13H14N4O5/c1-6(12(20)21)14-10(18)8-5-4-7-9(15-8)16(2)13(22)17(3)11(7)19/h4-6H,1-3H3,(H,14,18)(H,20,21). The molecule has 0 bridgehead atoms. The van der Waals surface area contributed by atoms with Crippen LogP contribution in [0.4, 0.5) is 0 Å². The number of hydrogen-bond acceptors (Lipinski definition) is 5. The molecule has 0 aliphatic heterocycles. The molecule has 1 unspecified atom stereocenters. The van der Waals surface area contributed by atoms with E-state index in [0.717, 1.165) is 9.13 Å². The first-order valence-corrected chi connectivity index (χ1v) is 6.34. The second kappa shape index (κ2) is 5.43. The fourth-order valence-electron chi connectivity index (χ4n) is 1.91. The van der Waals surface area contributed by atoms with Crippen molar-refractivity contribution in [3.63, 3.8) is 0 Å². The summed E-state index contributed by atoms with van der Waals surface area (Å²) in [6.07, 6.45) is 0. The predicted octanol–water partition coefficient (Wildman–Crippen LogP) is -1.16. The van der Waals surface area contributed by atoms with E-state index in [9.17, 15) is 19.2 Å². The summed E-state index contributed by atoms with van der Waals surface area (Å²) in [4.78, 5) is 50.5. The predicted molar refractivity (Wildman–Crippen MR) is 76.8 cm³/mol. The van der Waals surface area contributed by atoms with Crippen molar-refractivity contribution >= 4 is 22.9 Å². The molecule has 2 aromatic rings. The molecule has 0 saturated heterocycles. The summed E-state index contributed by atoms with van der Waals surface area (Å²) in [5.74, 6) is -1.89. The van der Waals surface area contributed by atoms with Crippen LogP contribution in [0.15, 0.2) is 21.7 Å². The molecule has 0 aromatic carbocycles. The van der Waals surface area contributed by atoms with E-state index in [-0.39, 0.29) is 16.7 Å². The lowest BCUT2D eigenvalue weighted by atomic mass is 10.2. The minimum Gasteiger partial charge on any atom is -0.480 e. The Morgan fingerprint density at radius 3 is 2.45 bits per heavy atom. The monoisotopic (exact) mass is 306 g/mol. The van der Waals surface area contributed by atoms with E-state index in [4.69, 9.17) is 5.11 Å². The Labute approximate surface area is 123 Å².